The second kappa shape index (κ2) is 7.98. The lowest BCUT2D eigenvalue weighted by Gasteiger charge is -2.36. The molecule has 2 aliphatic rings. The second-order valence-electron chi connectivity index (χ2n) is 6.33. The van der Waals surface area contributed by atoms with Crippen LogP contribution in [0, 0.1) is 0 Å². The normalized spacial score (nSPS) is 19.0. The van der Waals surface area contributed by atoms with Crippen molar-refractivity contribution in [2.75, 3.05) is 19.6 Å². The first-order valence-corrected chi connectivity index (χ1v) is 9.96. The molecule has 2 aliphatic heterocycles. The van der Waals surface area contributed by atoms with Gasteiger partial charge in [-0.3, -0.25) is 9.69 Å². The number of phenols is 2. The molecule has 2 saturated heterocycles. The number of carbonyl (C=O) groups is 4. The van der Waals surface area contributed by atoms with Crippen LogP contribution < -0.4 is 10.0 Å². The number of aromatic hydroxyl groups is 2. The van der Waals surface area contributed by atoms with Crippen molar-refractivity contribution < 1.29 is 42.9 Å². The number of benzene rings is 1. The van der Waals surface area contributed by atoms with Crippen LogP contribution in [0.2, 0.25) is 0 Å². The minimum absolute atomic E-state index is 0.137. The molecule has 0 radical (unpaired) electrons. The maximum atomic E-state index is 12.4. The topological polar surface area (TPSA) is 209 Å². The summed E-state index contributed by atoms with van der Waals surface area (Å²) in [6, 6.07) is 0.198. The molecule has 0 saturated carbocycles. The fraction of sp³-hybridized carbons (Fsp3) is 0.267. The van der Waals surface area contributed by atoms with Gasteiger partial charge in [-0.1, -0.05) is 0 Å². The molecule has 1 unspecified atom stereocenters. The highest BCUT2D eigenvalue weighted by Gasteiger charge is 2.45. The van der Waals surface area contributed by atoms with Crippen LogP contribution >= 0.6 is 0 Å². The molecule has 0 bridgehead atoms. The first kappa shape index (κ1) is 21.6. The van der Waals surface area contributed by atoms with Gasteiger partial charge in [-0.15, -0.1) is 0 Å². The monoisotopic (exact) mass is 456 g/mol. The summed E-state index contributed by atoms with van der Waals surface area (Å²) in [6.07, 6.45) is -0.322. The molecule has 0 aliphatic carbocycles. The number of nitrogens with one attached hydrogen (secondary N) is 2. The number of nitrogens with zero attached hydrogens (tertiary/aromatic N) is 4. The van der Waals surface area contributed by atoms with Crippen molar-refractivity contribution in [1.82, 2.24) is 24.3 Å². The number of likely N-dealkylation sites (tertiary alicyclic amines) is 1. The van der Waals surface area contributed by atoms with E-state index in [0.717, 1.165) is 11.2 Å². The first-order chi connectivity index (χ1) is 14.5. The lowest BCUT2D eigenvalue weighted by atomic mass is 10.1. The van der Waals surface area contributed by atoms with Gasteiger partial charge in [0.05, 0.1) is 25.8 Å². The predicted octanol–water partition coefficient (Wildman–Crippen LogP) is -1.40. The summed E-state index contributed by atoms with van der Waals surface area (Å²) in [5.41, 5.74) is 0.318. The Balaban J connectivity index is 1.61. The number of hydrogen-bond donors (Lipinski definition) is 5. The molecule has 6 amide bonds. The average Bonchev–Trinajstić information content (AvgIpc) is 3.06. The van der Waals surface area contributed by atoms with E-state index in [1.54, 1.807) is 4.72 Å². The Morgan fingerprint density at radius 1 is 1.16 bits per heavy atom. The number of rotatable bonds is 5. The van der Waals surface area contributed by atoms with E-state index in [2.05, 4.69) is 5.10 Å². The third kappa shape index (κ3) is 4.42. The molecule has 5 N–H and O–H groups in total. The van der Waals surface area contributed by atoms with Gasteiger partial charge in [0, 0.05) is 0 Å². The molecule has 31 heavy (non-hydrogen) atoms. The van der Waals surface area contributed by atoms with Crippen LogP contribution in [0.15, 0.2) is 23.3 Å². The molecular formula is C15H16N6O9S. The number of imide groups is 1. The summed E-state index contributed by atoms with van der Waals surface area (Å²) in [5.74, 6) is -1.70. The number of urea groups is 2. The van der Waals surface area contributed by atoms with Gasteiger partial charge < -0.3 is 20.6 Å². The zero-order chi connectivity index (χ0) is 22.9. The van der Waals surface area contributed by atoms with E-state index in [1.165, 1.54) is 18.2 Å². The van der Waals surface area contributed by atoms with E-state index in [4.69, 9.17) is 5.11 Å². The van der Waals surface area contributed by atoms with Crippen molar-refractivity contribution in [2.24, 2.45) is 5.10 Å². The van der Waals surface area contributed by atoms with Crippen molar-refractivity contribution in [3.05, 3.63) is 23.8 Å². The lowest BCUT2D eigenvalue weighted by Crippen LogP contribution is -2.67. The van der Waals surface area contributed by atoms with E-state index in [9.17, 15) is 37.8 Å². The molecule has 1 atom stereocenters. The highest BCUT2D eigenvalue weighted by Crippen LogP contribution is 2.24. The van der Waals surface area contributed by atoms with E-state index in [-0.39, 0.29) is 25.4 Å². The number of hydrogen-bond acceptors (Lipinski definition) is 9. The van der Waals surface area contributed by atoms with Crippen molar-refractivity contribution >= 4 is 40.5 Å². The van der Waals surface area contributed by atoms with Crippen LogP contribution in [0.3, 0.4) is 0 Å². The van der Waals surface area contributed by atoms with Crippen LogP contribution in [-0.4, -0.2) is 93.9 Å². The third-order valence-electron chi connectivity index (χ3n) is 4.27. The van der Waals surface area contributed by atoms with Gasteiger partial charge >= 0.3 is 28.4 Å². The van der Waals surface area contributed by atoms with Crippen LogP contribution in [0.1, 0.15) is 5.56 Å². The summed E-state index contributed by atoms with van der Waals surface area (Å²) >= 11 is 0. The summed E-state index contributed by atoms with van der Waals surface area (Å²) in [5, 5.41) is 33.7. The highest BCUT2D eigenvalue weighted by molar-refractivity contribution is 7.88. The Morgan fingerprint density at radius 3 is 2.48 bits per heavy atom. The van der Waals surface area contributed by atoms with Gasteiger partial charge in [-0.05, 0) is 23.8 Å². The van der Waals surface area contributed by atoms with Crippen molar-refractivity contribution in [3.8, 4) is 11.5 Å². The van der Waals surface area contributed by atoms with Gasteiger partial charge in [-0.25, -0.2) is 28.4 Å². The molecule has 0 spiro atoms. The summed E-state index contributed by atoms with van der Waals surface area (Å²) in [6.45, 7) is -0.838. The van der Waals surface area contributed by atoms with E-state index in [0.29, 0.717) is 14.8 Å². The molecule has 15 nitrogen and oxygen atoms in total. The third-order valence-corrected chi connectivity index (χ3v) is 5.62. The maximum Gasteiger partial charge on any atom is 0.405 e. The van der Waals surface area contributed by atoms with Gasteiger partial charge in [0.15, 0.2) is 11.5 Å². The quantitative estimate of drug-likeness (QED) is 0.200. The molecule has 1 aromatic rings. The first-order valence-electron chi connectivity index (χ1n) is 8.52. The summed E-state index contributed by atoms with van der Waals surface area (Å²) in [4.78, 5) is 47.1. The van der Waals surface area contributed by atoms with E-state index in [1.807, 2.05) is 5.32 Å². The SMILES string of the molecule is O=C(O)NC1CN(C(=O)NS(=O)(=O)N2CCN(N=Cc3ccc(O)c(O)c3)C2=O)C1=O. The predicted molar refractivity (Wildman–Crippen MR) is 100 cm³/mol. The van der Waals surface area contributed by atoms with Crippen LogP contribution in [0.5, 0.6) is 11.5 Å². The maximum absolute atomic E-state index is 12.4. The second-order valence-corrected chi connectivity index (χ2v) is 7.93. The molecule has 166 valence electrons. The minimum Gasteiger partial charge on any atom is -0.504 e. The molecular weight excluding hydrogens is 440 g/mol. The average molecular weight is 456 g/mol. The van der Waals surface area contributed by atoms with E-state index >= 15 is 0 Å². The van der Waals surface area contributed by atoms with Gasteiger partial charge in [0.1, 0.15) is 6.04 Å². The Morgan fingerprint density at radius 2 is 1.87 bits per heavy atom. The summed E-state index contributed by atoms with van der Waals surface area (Å²) in [7, 11) is -4.66. The van der Waals surface area contributed by atoms with Gasteiger partial charge in [-0.2, -0.15) is 13.5 Å². The van der Waals surface area contributed by atoms with Crippen LogP contribution in [0.25, 0.3) is 0 Å². The van der Waals surface area contributed by atoms with Crippen molar-refractivity contribution in [1.29, 1.82) is 0 Å². The Hall–Kier alpha value is -4.08. The number of amides is 6. The lowest BCUT2D eigenvalue weighted by molar-refractivity contribution is -0.138. The molecule has 1 aromatic carbocycles. The Kier molecular flexibility index (Phi) is 5.56. The van der Waals surface area contributed by atoms with E-state index < -0.39 is 46.1 Å². The zero-order valence-electron chi connectivity index (χ0n) is 15.5. The number of carboxylic acid groups (broad SMARTS) is 1. The fourth-order valence-corrected chi connectivity index (χ4v) is 3.74. The number of carbonyl (C=O) groups excluding carboxylic acids is 3. The highest BCUT2D eigenvalue weighted by atomic mass is 32.2. The Bertz CT molecular complexity index is 1090. The van der Waals surface area contributed by atoms with Crippen molar-refractivity contribution in [2.45, 2.75) is 6.04 Å². The zero-order valence-corrected chi connectivity index (χ0v) is 16.3. The van der Waals surface area contributed by atoms with Gasteiger partial charge in [0.2, 0.25) is 0 Å². The van der Waals surface area contributed by atoms with Gasteiger partial charge in [0.25, 0.3) is 5.91 Å². The molecule has 2 heterocycles. The number of phenolic OH excluding ortho intramolecular Hbond substituents is 2. The van der Waals surface area contributed by atoms with Crippen LogP contribution in [-0.2, 0) is 15.0 Å². The smallest absolute Gasteiger partial charge is 0.405 e. The number of β-lactam (4-membered cyclic amide) rings is 1. The Labute approximate surface area is 174 Å². The molecule has 3 rings (SSSR count). The van der Waals surface area contributed by atoms with Crippen LogP contribution in [0.4, 0.5) is 14.4 Å². The molecule has 0 aromatic heterocycles. The minimum atomic E-state index is -4.66. The largest absolute Gasteiger partial charge is 0.504 e. The van der Waals surface area contributed by atoms with Crippen molar-refractivity contribution in [3.63, 3.8) is 0 Å². The number of hydrazone groups is 1. The standard InChI is InChI=1S/C15H16N6O9S/c22-10-2-1-8(5-11(10)23)6-16-20-3-4-21(15(20)28)31(29,30)18-13(25)19-7-9(12(19)24)17-14(26)27/h1-2,5-6,9,17,22-23H,3-4,7H2,(H,18,25)(H,26,27). The summed E-state index contributed by atoms with van der Waals surface area (Å²) < 4.78 is 26.6. The molecule has 16 heteroatoms. The fourth-order valence-electron chi connectivity index (χ4n) is 2.68. The molecule has 2 fully saturated rings.